The summed E-state index contributed by atoms with van der Waals surface area (Å²) in [5.74, 6) is 0.115. The van der Waals surface area contributed by atoms with Crippen molar-refractivity contribution in [3.05, 3.63) is 53.6 Å². The summed E-state index contributed by atoms with van der Waals surface area (Å²) in [5, 5.41) is 5.39. The highest BCUT2D eigenvalue weighted by atomic mass is 19.3. The van der Waals surface area contributed by atoms with Crippen molar-refractivity contribution in [2.75, 3.05) is 16.8 Å². The third-order valence-electron chi connectivity index (χ3n) is 4.41. The van der Waals surface area contributed by atoms with E-state index in [0.717, 1.165) is 17.7 Å². The predicted octanol–water partition coefficient (Wildman–Crippen LogP) is 4.04. The number of carbonyl (C=O) groups excluding carboxylic acids is 2. The molecule has 148 valence electrons. The number of nitrogens with one attached hydrogen (secondary N) is 2. The molecular weight excluding hydrogens is 368 g/mol. The molecule has 1 fully saturated rings. The van der Waals surface area contributed by atoms with E-state index in [1.807, 2.05) is 13.0 Å². The zero-order chi connectivity index (χ0) is 20.1. The number of halogens is 2. The van der Waals surface area contributed by atoms with Crippen molar-refractivity contribution in [2.24, 2.45) is 0 Å². The number of urea groups is 1. The van der Waals surface area contributed by atoms with Gasteiger partial charge in [0.15, 0.2) is 0 Å². The van der Waals surface area contributed by atoms with Crippen LogP contribution in [0.1, 0.15) is 24.0 Å². The first-order chi connectivity index (χ1) is 13.4. The molecule has 2 aromatic rings. The van der Waals surface area contributed by atoms with E-state index in [1.165, 1.54) is 12.1 Å². The lowest BCUT2D eigenvalue weighted by Crippen LogP contribution is -2.28. The molecule has 0 radical (unpaired) electrons. The van der Waals surface area contributed by atoms with Crippen LogP contribution >= 0.6 is 0 Å². The molecule has 8 heteroatoms. The van der Waals surface area contributed by atoms with Gasteiger partial charge in [-0.1, -0.05) is 18.2 Å². The van der Waals surface area contributed by atoms with Gasteiger partial charge in [0.05, 0.1) is 0 Å². The van der Waals surface area contributed by atoms with Crippen molar-refractivity contribution in [3.8, 4) is 5.75 Å². The second kappa shape index (κ2) is 8.69. The number of aryl methyl sites for hydroxylation is 1. The van der Waals surface area contributed by atoms with Crippen LogP contribution in [0.25, 0.3) is 0 Å². The van der Waals surface area contributed by atoms with Gasteiger partial charge in [-0.3, -0.25) is 4.79 Å². The summed E-state index contributed by atoms with van der Waals surface area (Å²) in [4.78, 5) is 25.9. The first kappa shape index (κ1) is 19.6. The van der Waals surface area contributed by atoms with Gasteiger partial charge in [0.1, 0.15) is 5.75 Å². The van der Waals surface area contributed by atoms with Crippen LogP contribution < -0.4 is 20.3 Å². The lowest BCUT2D eigenvalue weighted by molar-refractivity contribution is -0.117. The monoisotopic (exact) mass is 389 g/mol. The van der Waals surface area contributed by atoms with Crippen LogP contribution in [-0.2, 0) is 11.3 Å². The van der Waals surface area contributed by atoms with Gasteiger partial charge in [-0.05, 0) is 48.7 Å². The summed E-state index contributed by atoms with van der Waals surface area (Å²) in [6.07, 6.45) is 1.36. The Morgan fingerprint density at radius 2 is 2.07 bits per heavy atom. The summed E-state index contributed by atoms with van der Waals surface area (Å²) in [7, 11) is 0. The molecule has 1 saturated heterocycles. The third kappa shape index (κ3) is 4.97. The van der Waals surface area contributed by atoms with Gasteiger partial charge < -0.3 is 20.3 Å². The van der Waals surface area contributed by atoms with Gasteiger partial charge in [0, 0.05) is 30.9 Å². The van der Waals surface area contributed by atoms with Crippen molar-refractivity contribution >= 4 is 23.3 Å². The second-order valence-corrected chi connectivity index (χ2v) is 6.48. The highest BCUT2D eigenvalue weighted by molar-refractivity contribution is 5.97. The molecule has 2 aromatic carbocycles. The molecule has 6 nitrogen and oxygen atoms in total. The van der Waals surface area contributed by atoms with E-state index in [-0.39, 0.29) is 18.2 Å². The Morgan fingerprint density at radius 3 is 2.79 bits per heavy atom. The Hall–Kier alpha value is -3.16. The second-order valence-electron chi connectivity index (χ2n) is 6.48. The van der Waals surface area contributed by atoms with Gasteiger partial charge in [0.2, 0.25) is 5.91 Å². The van der Waals surface area contributed by atoms with Crippen LogP contribution in [0.5, 0.6) is 5.75 Å². The Morgan fingerprint density at radius 1 is 1.25 bits per heavy atom. The number of nitrogens with zero attached hydrogens (tertiary/aromatic N) is 1. The Balaban J connectivity index is 1.60. The fourth-order valence-corrected chi connectivity index (χ4v) is 3.07. The van der Waals surface area contributed by atoms with Crippen molar-refractivity contribution in [3.63, 3.8) is 0 Å². The van der Waals surface area contributed by atoms with Crippen LogP contribution in [0.2, 0.25) is 0 Å². The lowest BCUT2D eigenvalue weighted by atomic mass is 10.1. The number of hydrogen-bond donors (Lipinski definition) is 2. The smallest absolute Gasteiger partial charge is 0.387 e. The summed E-state index contributed by atoms with van der Waals surface area (Å²) < 4.78 is 28.9. The van der Waals surface area contributed by atoms with Gasteiger partial charge in [-0.2, -0.15) is 8.78 Å². The first-order valence-corrected chi connectivity index (χ1v) is 8.92. The van der Waals surface area contributed by atoms with Gasteiger partial charge in [-0.25, -0.2) is 4.79 Å². The molecule has 0 aromatic heterocycles. The number of benzene rings is 2. The minimum absolute atomic E-state index is 0.0353. The van der Waals surface area contributed by atoms with Crippen LogP contribution in [0.3, 0.4) is 0 Å². The third-order valence-corrected chi connectivity index (χ3v) is 4.41. The fraction of sp³-hybridized carbons (Fsp3) is 0.300. The standard InChI is InChI=1S/C20H21F2N3O3/c1-13-7-8-15(11-17(13)25-9-3-6-18(25)26)24-20(27)23-12-14-4-2-5-16(10-14)28-19(21)22/h2,4-5,7-8,10-11,19H,3,6,9,12H2,1H3,(H2,23,24,27). The lowest BCUT2D eigenvalue weighted by Gasteiger charge is -2.19. The van der Waals surface area contributed by atoms with Crippen LogP contribution in [-0.4, -0.2) is 25.1 Å². The largest absolute Gasteiger partial charge is 0.435 e. The number of rotatable bonds is 6. The normalized spacial score (nSPS) is 13.7. The highest BCUT2D eigenvalue weighted by Crippen LogP contribution is 2.28. The van der Waals surface area contributed by atoms with Crippen LogP contribution in [0.15, 0.2) is 42.5 Å². The number of carbonyl (C=O) groups is 2. The molecule has 0 atom stereocenters. The number of ether oxygens (including phenoxy) is 1. The maximum absolute atomic E-state index is 12.3. The minimum Gasteiger partial charge on any atom is -0.435 e. The summed E-state index contributed by atoms with van der Waals surface area (Å²) in [6, 6.07) is 11.1. The van der Waals surface area contributed by atoms with Crippen LogP contribution in [0.4, 0.5) is 25.0 Å². The maximum atomic E-state index is 12.3. The molecule has 0 spiro atoms. The molecule has 2 N–H and O–H groups in total. The average molecular weight is 389 g/mol. The minimum atomic E-state index is -2.90. The molecule has 3 amide bonds. The van der Waals surface area contributed by atoms with Crippen molar-refractivity contribution < 1.29 is 23.1 Å². The van der Waals surface area contributed by atoms with Gasteiger partial charge in [0.25, 0.3) is 0 Å². The average Bonchev–Trinajstić information content (AvgIpc) is 3.07. The molecular formula is C20H21F2N3O3. The molecule has 28 heavy (non-hydrogen) atoms. The van der Waals surface area contributed by atoms with E-state index < -0.39 is 12.6 Å². The summed E-state index contributed by atoms with van der Waals surface area (Å²) in [5.41, 5.74) is 2.93. The highest BCUT2D eigenvalue weighted by Gasteiger charge is 2.23. The van der Waals surface area contributed by atoms with Crippen molar-refractivity contribution in [1.29, 1.82) is 0 Å². The molecule has 0 bridgehead atoms. The molecule has 0 saturated carbocycles. The first-order valence-electron chi connectivity index (χ1n) is 8.92. The molecule has 0 unspecified atom stereocenters. The quantitative estimate of drug-likeness (QED) is 0.783. The van der Waals surface area contributed by atoms with E-state index in [9.17, 15) is 18.4 Å². The number of anilines is 2. The Bertz CT molecular complexity index is 874. The van der Waals surface area contributed by atoms with E-state index in [4.69, 9.17) is 0 Å². The molecule has 0 aliphatic carbocycles. The molecule has 1 heterocycles. The van der Waals surface area contributed by atoms with Gasteiger partial charge in [-0.15, -0.1) is 0 Å². The number of hydrogen-bond acceptors (Lipinski definition) is 3. The molecule has 3 rings (SSSR count). The zero-order valence-corrected chi connectivity index (χ0v) is 15.4. The predicted molar refractivity (Wildman–Crippen MR) is 102 cm³/mol. The van der Waals surface area contributed by atoms with E-state index in [1.54, 1.807) is 29.2 Å². The topological polar surface area (TPSA) is 70.7 Å². The van der Waals surface area contributed by atoms with Crippen molar-refractivity contribution in [1.82, 2.24) is 5.32 Å². The van der Waals surface area contributed by atoms with E-state index in [2.05, 4.69) is 15.4 Å². The zero-order valence-electron chi connectivity index (χ0n) is 15.4. The van der Waals surface area contributed by atoms with Crippen LogP contribution in [0, 0.1) is 6.92 Å². The Labute approximate surface area is 161 Å². The fourth-order valence-electron chi connectivity index (χ4n) is 3.07. The number of amides is 3. The van der Waals surface area contributed by atoms with Crippen molar-refractivity contribution in [2.45, 2.75) is 32.9 Å². The van der Waals surface area contributed by atoms with E-state index >= 15 is 0 Å². The van der Waals surface area contributed by atoms with E-state index in [0.29, 0.717) is 24.2 Å². The maximum Gasteiger partial charge on any atom is 0.387 e. The molecule has 1 aliphatic rings. The van der Waals surface area contributed by atoms with Gasteiger partial charge >= 0.3 is 12.6 Å². The summed E-state index contributed by atoms with van der Waals surface area (Å²) in [6.45, 7) is -0.161. The number of alkyl halides is 2. The molecule has 1 aliphatic heterocycles. The SMILES string of the molecule is Cc1ccc(NC(=O)NCc2cccc(OC(F)F)c2)cc1N1CCCC1=O. The Kier molecular flexibility index (Phi) is 6.08. The summed E-state index contributed by atoms with van der Waals surface area (Å²) >= 11 is 0.